The van der Waals surface area contributed by atoms with E-state index >= 15 is 0 Å². The number of halogens is 4. The molecule has 0 aliphatic rings. The molecule has 0 fully saturated rings. The van der Waals surface area contributed by atoms with Gasteiger partial charge >= 0.3 is 11.9 Å². The maximum atomic E-state index is 11.8. The normalized spacial score (nSPS) is 9.23. The summed E-state index contributed by atoms with van der Waals surface area (Å²) in [6.07, 6.45) is 4.90. The molecule has 0 amide bonds. The maximum Gasteiger partial charge on any atom is 0.335 e. The molecule has 0 heterocycles. The molecule has 334 valence electrons. The molecular formula is C42H53BrClF2N11O5. The second-order valence-electron chi connectivity index (χ2n) is 12.3. The van der Waals surface area contributed by atoms with Crippen LogP contribution in [0.1, 0.15) is 71.7 Å². The third-order valence-electron chi connectivity index (χ3n) is 7.77. The summed E-state index contributed by atoms with van der Waals surface area (Å²) in [5.74, 6) is -1.81. The van der Waals surface area contributed by atoms with Gasteiger partial charge in [-0.15, -0.1) is 12.4 Å². The van der Waals surface area contributed by atoms with Gasteiger partial charge in [0.15, 0.2) is 0 Å². The van der Waals surface area contributed by atoms with Gasteiger partial charge < -0.3 is 21.3 Å². The molecule has 0 radical (unpaired) electrons. The number of alkyl halides is 3. The molecule has 0 bridgehead atoms. The van der Waals surface area contributed by atoms with Crippen LogP contribution in [0.25, 0.3) is 31.3 Å². The molecule has 20 heteroatoms. The van der Waals surface area contributed by atoms with E-state index in [1.165, 1.54) is 17.7 Å². The minimum Gasteiger partial charge on any atom is -0.478 e. The number of rotatable bonds is 21. The zero-order valence-electron chi connectivity index (χ0n) is 34.2. The first-order valence-electron chi connectivity index (χ1n) is 19.0. The van der Waals surface area contributed by atoms with Crippen molar-refractivity contribution in [3.63, 3.8) is 0 Å². The highest BCUT2D eigenvalue weighted by molar-refractivity contribution is 9.09. The molecule has 4 rings (SSSR count). The van der Waals surface area contributed by atoms with Gasteiger partial charge in [0, 0.05) is 51.8 Å². The number of carboxylic acid groups (broad SMARTS) is 2. The number of nitrogens with one attached hydrogen (secondary N) is 1. The molecule has 4 aromatic carbocycles. The number of benzene rings is 4. The van der Waals surface area contributed by atoms with Crippen LogP contribution in [0.15, 0.2) is 112 Å². The number of aldehydes is 1. The minimum absolute atomic E-state index is 0. The van der Waals surface area contributed by atoms with Crippen molar-refractivity contribution in [1.29, 1.82) is 0 Å². The third kappa shape index (κ3) is 30.9. The number of hydrogen-bond acceptors (Lipinski definition) is 8. The molecule has 62 heavy (non-hydrogen) atoms. The smallest absolute Gasteiger partial charge is 0.335 e. The first-order chi connectivity index (χ1) is 29.6. The van der Waals surface area contributed by atoms with Crippen LogP contribution in [0.3, 0.4) is 0 Å². The summed E-state index contributed by atoms with van der Waals surface area (Å²) in [6, 6.07) is 28.8. The van der Waals surface area contributed by atoms with Gasteiger partial charge in [0.2, 0.25) is 0 Å². The number of aryl methyl sites for hydroxylation is 1. The topological polar surface area (TPSA) is 276 Å². The Morgan fingerprint density at radius 2 is 0.984 bits per heavy atom. The number of carboxylic acids is 2. The number of hydrogen-bond donors (Lipinski definition) is 4. The van der Waals surface area contributed by atoms with E-state index in [2.05, 4.69) is 51.3 Å². The molecule has 0 unspecified atom stereocenters. The lowest BCUT2D eigenvalue weighted by Gasteiger charge is -2.04. The van der Waals surface area contributed by atoms with Crippen molar-refractivity contribution in [1.82, 2.24) is 5.32 Å². The Balaban J connectivity index is 0. The standard InChI is InChI=1S/C12H17FN4.C9H9BrO2.C9H9N3O2.C9H9N3O.C3H8FN.ClH/c13-7-1-8-15-10-12-4-2-11(3-5-12)6-9-16-17-14;10-6-5-7-1-3-8(4-2-7)9(11)12;10-12-11-6-5-7-1-3-8(4-2-7)9(13)14;10-12-11-6-5-8-1-3-9(7-13)4-2-8;4-2-1-3-5;/h2-5,15H,1,6-10H2;1-4H,5-6H2,(H,11,12);1-4H,5-6H2,(H,13,14);1-4,7H,5-6H2;1-3,5H2;1H. The number of carbonyl (C=O) groups excluding carboxylic acids is 1. The molecule has 0 aliphatic heterocycles. The number of carbonyl (C=O) groups is 3. The van der Waals surface area contributed by atoms with E-state index in [1.807, 2.05) is 48.5 Å². The molecule has 5 N–H and O–H groups in total. The Morgan fingerprint density at radius 3 is 1.29 bits per heavy atom. The predicted molar refractivity (Wildman–Crippen MR) is 245 cm³/mol. The van der Waals surface area contributed by atoms with Crippen LogP contribution in [0.4, 0.5) is 8.78 Å². The van der Waals surface area contributed by atoms with Crippen LogP contribution in [-0.4, -0.2) is 79.8 Å². The van der Waals surface area contributed by atoms with Crippen molar-refractivity contribution in [2.75, 3.05) is 51.4 Å². The van der Waals surface area contributed by atoms with E-state index in [0.29, 0.717) is 69.5 Å². The lowest BCUT2D eigenvalue weighted by atomic mass is 10.1. The lowest BCUT2D eigenvalue weighted by Crippen LogP contribution is -2.15. The van der Waals surface area contributed by atoms with Crippen LogP contribution in [0.5, 0.6) is 0 Å². The summed E-state index contributed by atoms with van der Waals surface area (Å²) >= 11 is 3.32. The summed E-state index contributed by atoms with van der Waals surface area (Å²) in [7, 11) is 0. The second kappa shape index (κ2) is 40.4. The average molecular weight is 945 g/mol. The van der Waals surface area contributed by atoms with Crippen molar-refractivity contribution in [2.24, 2.45) is 21.1 Å². The maximum absolute atomic E-state index is 11.8. The Bertz CT molecular complexity index is 1950. The molecule has 0 saturated carbocycles. The van der Waals surface area contributed by atoms with E-state index in [-0.39, 0.29) is 31.3 Å². The second-order valence-corrected chi connectivity index (χ2v) is 13.1. The van der Waals surface area contributed by atoms with E-state index in [9.17, 15) is 23.2 Å². The van der Waals surface area contributed by atoms with E-state index < -0.39 is 11.9 Å². The first kappa shape index (κ1) is 58.1. The van der Waals surface area contributed by atoms with Gasteiger partial charge in [-0.2, -0.15) is 0 Å². The molecule has 0 spiro atoms. The van der Waals surface area contributed by atoms with Crippen molar-refractivity contribution in [2.45, 2.75) is 45.1 Å². The van der Waals surface area contributed by atoms with Gasteiger partial charge in [0.05, 0.1) is 24.5 Å². The van der Waals surface area contributed by atoms with Crippen LogP contribution in [0.2, 0.25) is 0 Å². The Hall–Kier alpha value is -6.03. The summed E-state index contributed by atoms with van der Waals surface area (Å²) in [5.41, 5.74) is 35.9. The van der Waals surface area contributed by atoms with Crippen LogP contribution >= 0.6 is 28.3 Å². The molecule has 0 atom stereocenters. The quantitative estimate of drug-likeness (QED) is 0.0156. The average Bonchev–Trinajstić information content (AvgIpc) is 3.28. The van der Waals surface area contributed by atoms with Crippen LogP contribution < -0.4 is 11.1 Å². The van der Waals surface area contributed by atoms with Crippen molar-refractivity contribution >= 4 is 46.6 Å². The molecule has 16 nitrogen and oxygen atoms in total. The summed E-state index contributed by atoms with van der Waals surface area (Å²) in [4.78, 5) is 39.3. The van der Waals surface area contributed by atoms with Gasteiger partial charge in [0.1, 0.15) is 6.29 Å². The summed E-state index contributed by atoms with van der Waals surface area (Å²) in [6.45, 7) is 2.72. The van der Waals surface area contributed by atoms with E-state index in [4.69, 9.17) is 32.5 Å². The number of aromatic carboxylic acids is 2. The molecular weight excluding hydrogens is 892 g/mol. The predicted octanol–water partition coefficient (Wildman–Crippen LogP) is 10.6. The number of azide groups is 3. The molecule has 0 aromatic heterocycles. The van der Waals surface area contributed by atoms with Gasteiger partial charge in [-0.05, 0) is 120 Å². The number of nitrogens with two attached hydrogens (primary N) is 1. The monoisotopic (exact) mass is 943 g/mol. The van der Waals surface area contributed by atoms with Crippen molar-refractivity contribution < 1.29 is 33.4 Å². The van der Waals surface area contributed by atoms with Gasteiger partial charge in [-0.25, -0.2) is 9.59 Å². The third-order valence-corrected chi connectivity index (χ3v) is 8.17. The zero-order valence-corrected chi connectivity index (χ0v) is 36.6. The van der Waals surface area contributed by atoms with Gasteiger partial charge in [0.25, 0.3) is 0 Å². The molecule has 0 aliphatic carbocycles. The molecule has 0 saturated heterocycles. The lowest BCUT2D eigenvalue weighted by molar-refractivity contribution is 0.0686. The fraction of sp³-hybridized carbons (Fsp3) is 0.357. The largest absolute Gasteiger partial charge is 0.478 e. The van der Waals surface area contributed by atoms with Crippen LogP contribution in [0, 0.1) is 0 Å². The first-order valence-corrected chi connectivity index (χ1v) is 20.1. The van der Waals surface area contributed by atoms with Crippen LogP contribution in [-0.2, 0) is 32.2 Å². The highest BCUT2D eigenvalue weighted by atomic mass is 79.9. The Kier molecular flexibility index (Phi) is 37.8. The van der Waals surface area contributed by atoms with E-state index in [0.717, 1.165) is 53.3 Å². The Morgan fingerprint density at radius 1 is 0.629 bits per heavy atom. The highest BCUT2D eigenvalue weighted by Crippen LogP contribution is 2.08. The van der Waals surface area contributed by atoms with Gasteiger partial charge in [-0.3, -0.25) is 13.6 Å². The fourth-order valence-electron chi connectivity index (χ4n) is 4.50. The Labute approximate surface area is 374 Å². The van der Waals surface area contributed by atoms with E-state index in [1.54, 1.807) is 36.4 Å². The zero-order chi connectivity index (χ0) is 45.4. The van der Waals surface area contributed by atoms with Crippen molar-refractivity contribution in [3.8, 4) is 0 Å². The molecule has 4 aromatic rings. The summed E-state index contributed by atoms with van der Waals surface area (Å²) < 4.78 is 22.8. The van der Waals surface area contributed by atoms with Crippen molar-refractivity contribution in [3.05, 3.63) is 173 Å². The summed E-state index contributed by atoms with van der Waals surface area (Å²) in [5, 5.41) is 31.6. The fourth-order valence-corrected chi connectivity index (χ4v) is 4.95. The highest BCUT2D eigenvalue weighted by Gasteiger charge is 2.02. The number of nitrogens with zero attached hydrogens (tertiary/aromatic N) is 9. The SMILES string of the molecule is Cl.NCCCF.O=C(O)c1ccc(CCBr)cc1.[N-]=[N+]=NCCc1ccc(C(=O)O)cc1.[N-]=[N+]=NCCc1ccc(C=O)cc1.[N-]=[N+]=NCCc1ccc(CNCCCF)cc1. The van der Waals surface area contributed by atoms with Gasteiger partial charge in [-0.1, -0.05) is 104 Å². The minimum atomic E-state index is -0.938.